The highest BCUT2D eigenvalue weighted by Crippen LogP contribution is 2.15. The minimum atomic E-state index is -0.335. The van der Waals surface area contributed by atoms with Gasteiger partial charge in [0.05, 0.1) is 6.42 Å². The van der Waals surface area contributed by atoms with Gasteiger partial charge >= 0.3 is 0 Å². The van der Waals surface area contributed by atoms with Gasteiger partial charge in [0.2, 0.25) is 5.91 Å². The largest absolute Gasteiger partial charge is 0.339 e. The highest BCUT2D eigenvalue weighted by atomic mass is 19.1. The molecule has 0 unspecified atom stereocenters. The molecule has 0 aliphatic rings. The van der Waals surface area contributed by atoms with Gasteiger partial charge in [0, 0.05) is 5.69 Å². The number of amides is 1. The van der Waals surface area contributed by atoms with E-state index in [2.05, 4.69) is 20.8 Å². The van der Waals surface area contributed by atoms with E-state index >= 15 is 0 Å². The summed E-state index contributed by atoms with van der Waals surface area (Å²) in [5.74, 6) is 0.321. The molecule has 0 bridgehead atoms. The number of aromatic nitrogens is 2. The number of carbonyl (C=O) groups excluding carboxylic acids is 1. The van der Waals surface area contributed by atoms with Crippen LogP contribution >= 0.6 is 0 Å². The second-order valence-electron chi connectivity index (χ2n) is 5.15. The summed E-state index contributed by atoms with van der Waals surface area (Å²) >= 11 is 0. The molecule has 1 amide bonds. The van der Waals surface area contributed by atoms with Gasteiger partial charge in [-0.25, -0.2) is 4.39 Å². The molecular formula is C18H15FN4O. The number of hydrogen-bond donors (Lipinski definition) is 2. The number of carbonyl (C=O) groups is 1. The minimum Gasteiger partial charge on any atom is -0.339 e. The molecule has 2 aromatic carbocycles. The normalized spacial score (nSPS) is 10.2. The van der Waals surface area contributed by atoms with Crippen LogP contribution in [0.4, 0.5) is 21.7 Å². The third-order valence-electron chi connectivity index (χ3n) is 3.24. The maximum Gasteiger partial charge on any atom is 0.229 e. The fraction of sp³-hybridized carbons (Fsp3) is 0.0556. The minimum absolute atomic E-state index is 0.165. The van der Waals surface area contributed by atoms with Crippen LogP contribution in [0, 0.1) is 5.82 Å². The van der Waals surface area contributed by atoms with E-state index in [0.29, 0.717) is 17.3 Å². The van der Waals surface area contributed by atoms with E-state index in [1.54, 1.807) is 24.3 Å². The molecule has 0 saturated heterocycles. The standard InChI is InChI=1S/C18H15FN4O/c19-14-7-4-8-15(12-14)20-16-9-10-17(23-22-16)21-18(24)11-13-5-2-1-3-6-13/h1-10,12H,11H2,(H,20,22)(H,21,23,24). The van der Waals surface area contributed by atoms with Gasteiger partial charge in [-0.15, -0.1) is 10.2 Å². The maximum atomic E-state index is 13.1. The number of benzene rings is 2. The Labute approximate surface area is 138 Å². The van der Waals surface area contributed by atoms with E-state index in [-0.39, 0.29) is 18.1 Å². The van der Waals surface area contributed by atoms with Gasteiger partial charge < -0.3 is 10.6 Å². The number of nitrogens with one attached hydrogen (secondary N) is 2. The van der Waals surface area contributed by atoms with E-state index in [1.165, 1.54) is 12.1 Å². The second kappa shape index (κ2) is 7.32. The van der Waals surface area contributed by atoms with Crippen molar-refractivity contribution in [3.05, 3.63) is 78.1 Å². The van der Waals surface area contributed by atoms with Crippen LogP contribution in [0.5, 0.6) is 0 Å². The molecule has 0 aliphatic carbocycles. The van der Waals surface area contributed by atoms with E-state index < -0.39 is 0 Å². The smallest absolute Gasteiger partial charge is 0.229 e. The summed E-state index contributed by atoms with van der Waals surface area (Å²) in [6.45, 7) is 0. The van der Waals surface area contributed by atoms with Gasteiger partial charge in [0.1, 0.15) is 5.82 Å². The van der Waals surface area contributed by atoms with Crippen LogP contribution in [-0.2, 0) is 11.2 Å². The molecule has 120 valence electrons. The molecule has 6 heteroatoms. The van der Waals surface area contributed by atoms with Crippen molar-refractivity contribution in [2.24, 2.45) is 0 Å². The van der Waals surface area contributed by atoms with Crippen molar-refractivity contribution in [3.63, 3.8) is 0 Å². The predicted octanol–water partition coefficient (Wildman–Crippen LogP) is 3.54. The quantitative estimate of drug-likeness (QED) is 0.754. The maximum absolute atomic E-state index is 13.1. The molecule has 0 fully saturated rings. The molecule has 0 aliphatic heterocycles. The van der Waals surface area contributed by atoms with Gasteiger partial charge in [-0.2, -0.15) is 0 Å². The summed E-state index contributed by atoms with van der Waals surface area (Å²) in [4.78, 5) is 12.0. The first-order chi connectivity index (χ1) is 11.7. The Bertz CT molecular complexity index is 822. The molecule has 0 spiro atoms. The van der Waals surface area contributed by atoms with Crippen LogP contribution in [0.15, 0.2) is 66.7 Å². The first kappa shape index (κ1) is 15.6. The van der Waals surface area contributed by atoms with Crippen molar-refractivity contribution >= 4 is 23.2 Å². The zero-order valence-electron chi connectivity index (χ0n) is 12.7. The first-order valence-corrected chi connectivity index (χ1v) is 7.39. The molecule has 2 N–H and O–H groups in total. The lowest BCUT2D eigenvalue weighted by molar-refractivity contribution is -0.115. The van der Waals surface area contributed by atoms with Crippen molar-refractivity contribution in [3.8, 4) is 0 Å². The molecule has 0 saturated carbocycles. The van der Waals surface area contributed by atoms with E-state index in [9.17, 15) is 9.18 Å². The molecular weight excluding hydrogens is 307 g/mol. The molecule has 0 atom stereocenters. The Morgan fingerprint density at radius 1 is 0.917 bits per heavy atom. The lowest BCUT2D eigenvalue weighted by atomic mass is 10.1. The molecule has 3 rings (SSSR count). The number of halogens is 1. The topological polar surface area (TPSA) is 66.9 Å². The van der Waals surface area contributed by atoms with Crippen LogP contribution in [0.3, 0.4) is 0 Å². The van der Waals surface area contributed by atoms with Crippen LogP contribution in [-0.4, -0.2) is 16.1 Å². The average Bonchev–Trinajstić information content (AvgIpc) is 2.57. The van der Waals surface area contributed by atoms with E-state index in [0.717, 1.165) is 5.56 Å². The lowest BCUT2D eigenvalue weighted by Gasteiger charge is -2.07. The third kappa shape index (κ3) is 4.36. The zero-order valence-corrected chi connectivity index (χ0v) is 12.7. The van der Waals surface area contributed by atoms with Crippen molar-refractivity contribution < 1.29 is 9.18 Å². The molecule has 3 aromatic rings. The molecule has 1 aromatic heterocycles. The van der Waals surface area contributed by atoms with Crippen LogP contribution < -0.4 is 10.6 Å². The first-order valence-electron chi connectivity index (χ1n) is 7.39. The zero-order chi connectivity index (χ0) is 16.8. The Balaban J connectivity index is 1.59. The van der Waals surface area contributed by atoms with Crippen molar-refractivity contribution in [2.45, 2.75) is 6.42 Å². The molecule has 5 nitrogen and oxygen atoms in total. The Kier molecular flexibility index (Phi) is 4.76. The average molecular weight is 322 g/mol. The number of rotatable bonds is 5. The fourth-order valence-electron chi connectivity index (χ4n) is 2.15. The summed E-state index contributed by atoms with van der Waals surface area (Å²) in [7, 11) is 0. The summed E-state index contributed by atoms with van der Waals surface area (Å²) < 4.78 is 13.1. The predicted molar refractivity (Wildman–Crippen MR) is 90.5 cm³/mol. The SMILES string of the molecule is O=C(Cc1ccccc1)Nc1ccc(Nc2cccc(F)c2)nn1. The summed E-state index contributed by atoms with van der Waals surface area (Å²) in [6, 6.07) is 18.8. The van der Waals surface area contributed by atoms with E-state index in [1.807, 2.05) is 30.3 Å². The van der Waals surface area contributed by atoms with Gasteiger partial charge in [0.25, 0.3) is 0 Å². The number of nitrogens with zero attached hydrogens (tertiary/aromatic N) is 2. The fourth-order valence-corrected chi connectivity index (χ4v) is 2.15. The Hall–Kier alpha value is -3.28. The molecule has 1 heterocycles. The summed E-state index contributed by atoms with van der Waals surface area (Å²) in [5.41, 5.74) is 1.50. The van der Waals surface area contributed by atoms with Crippen molar-refractivity contribution in [1.29, 1.82) is 0 Å². The van der Waals surface area contributed by atoms with E-state index in [4.69, 9.17) is 0 Å². The molecule has 0 radical (unpaired) electrons. The van der Waals surface area contributed by atoms with Crippen LogP contribution in [0.25, 0.3) is 0 Å². The third-order valence-corrected chi connectivity index (χ3v) is 3.24. The molecule has 24 heavy (non-hydrogen) atoms. The summed E-state index contributed by atoms with van der Waals surface area (Å²) in [6.07, 6.45) is 0.270. The van der Waals surface area contributed by atoms with Gasteiger partial charge in [0.15, 0.2) is 11.6 Å². The lowest BCUT2D eigenvalue weighted by Crippen LogP contribution is -2.15. The monoisotopic (exact) mass is 322 g/mol. The summed E-state index contributed by atoms with van der Waals surface area (Å²) in [5, 5.41) is 13.5. The number of hydrogen-bond acceptors (Lipinski definition) is 4. The Morgan fingerprint density at radius 3 is 2.38 bits per heavy atom. The van der Waals surface area contributed by atoms with Crippen molar-refractivity contribution in [2.75, 3.05) is 10.6 Å². The number of anilines is 3. The van der Waals surface area contributed by atoms with Crippen LogP contribution in [0.1, 0.15) is 5.56 Å². The van der Waals surface area contributed by atoms with Crippen molar-refractivity contribution in [1.82, 2.24) is 10.2 Å². The highest BCUT2D eigenvalue weighted by molar-refractivity contribution is 5.91. The van der Waals surface area contributed by atoms with Crippen LogP contribution in [0.2, 0.25) is 0 Å². The Morgan fingerprint density at radius 2 is 1.67 bits per heavy atom. The van der Waals surface area contributed by atoms with Gasteiger partial charge in [-0.1, -0.05) is 36.4 Å². The van der Waals surface area contributed by atoms with Gasteiger partial charge in [-0.3, -0.25) is 4.79 Å². The second-order valence-corrected chi connectivity index (χ2v) is 5.15. The highest BCUT2D eigenvalue weighted by Gasteiger charge is 2.06. The van der Waals surface area contributed by atoms with Gasteiger partial charge in [-0.05, 0) is 35.9 Å².